The second kappa shape index (κ2) is 7.15. The molecule has 1 aromatic carbocycles. The van der Waals surface area contributed by atoms with E-state index in [0.29, 0.717) is 11.1 Å². The SMILES string of the molecule is CC(=O)NC(=CCc1ccc(CN)c([N+](=O)[O-])c1)C(=O)O. The van der Waals surface area contributed by atoms with Crippen LogP contribution in [-0.2, 0) is 22.6 Å². The first-order valence-electron chi connectivity index (χ1n) is 6.02. The van der Waals surface area contributed by atoms with Gasteiger partial charge < -0.3 is 16.2 Å². The summed E-state index contributed by atoms with van der Waals surface area (Å²) < 4.78 is 0. The quantitative estimate of drug-likeness (QED) is 0.401. The highest BCUT2D eigenvalue weighted by atomic mass is 16.6. The summed E-state index contributed by atoms with van der Waals surface area (Å²) in [5, 5.41) is 22.0. The summed E-state index contributed by atoms with van der Waals surface area (Å²) in [7, 11) is 0. The zero-order valence-electron chi connectivity index (χ0n) is 11.3. The molecule has 0 atom stereocenters. The maximum atomic E-state index is 10.9. The van der Waals surface area contributed by atoms with Crippen LogP contribution in [0.3, 0.4) is 0 Å². The van der Waals surface area contributed by atoms with Gasteiger partial charge in [-0.25, -0.2) is 4.79 Å². The Balaban J connectivity index is 3.02. The molecule has 21 heavy (non-hydrogen) atoms. The number of carboxylic acid groups (broad SMARTS) is 1. The smallest absolute Gasteiger partial charge is 0.352 e. The Morgan fingerprint density at radius 1 is 1.48 bits per heavy atom. The molecule has 1 amide bonds. The average Bonchev–Trinajstić information content (AvgIpc) is 2.42. The minimum Gasteiger partial charge on any atom is -0.477 e. The zero-order chi connectivity index (χ0) is 16.0. The van der Waals surface area contributed by atoms with Crippen LogP contribution in [0.2, 0.25) is 0 Å². The third-order valence-electron chi connectivity index (χ3n) is 2.65. The lowest BCUT2D eigenvalue weighted by Crippen LogP contribution is -2.24. The predicted molar refractivity (Wildman–Crippen MR) is 74.2 cm³/mol. The normalized spacial score (nSPS) is 11.0. The molecule has 0 spiro atoms. The highest BCUT2D eigenvalue weighted by Gasteiger charge is 2.13. The zero-order valence-corrected chi connectivity index (χ0v) is 11.3. The maximum Gasteiger partial charge on any atom is 0.352 e. The number of aliphatic carboxylic acids is 1. The molecule has 8 nitrogen and oxygen atoms in total. The molecule has 0 radical (unpaired) electrons. The lowest BCUT2D eigenvalue weighted by atomic mass is 10.1. The van der Waals surface area contributed by atoms with E-state index < -0.39 is 16.8 Å². The number of rotatable bonds is 6. The minimum atomic E-state index is -1.28. The summed E-state index contributed by atoms with van der Waals surface area (Å²) in [5.41, 5.74) is 5.97. The van der Waals surface area contributed by atoms with Crippen molar-refractivity contribution in [3.05, 3.63) is 51.2 Å². The molecule has 1 aromatic rings. The monoisotopic (exact) mass is 293 g/mol. The van der Waals surface area contributed by atoms with Crippen LogP contribution in [0.15, 0.2) is 30.0 Å². The minimum absolute atomic E-state index is 0.0404. The first kappa shape index (κ1) is 16.3. The van der Waals surface area contributed by atoms with Crippen molar-refractivity contribution in [3.8, 4) is 0 Å². The number of nitrogens with one attached hydrogen (secondary N) is 1. The molecule has 4 N–H and O–H groups in total. The number of nitrogens with two attached hydrogens (primary N) is 1. The molecular weight excluding hydrogens is 278 g/mol. The van der Waals surface area contributed by atoms with Crippen molar-refractivity contribution in [1.29, 1.82) is 0 Å². The number of carbonyl (C=O) groups excluding carboxylic acids is 1. The lowest BCUT2D eigenvalue weighted by Gasteiger charge is -2.05. The van der Waals surface area contributed by atoms with Gasteiger partial charge in [0.1, 0.15) is 5.70 Å². The number of hydrogen-bond donors (Lipinski definition) is 3. The van der Waals surface area contributed by atoms with Crippen molar-refractivity contribution < 1.29 is 19.6 Å². The Bertz CT molecular complexity index is 610. The summed E-state index contributed by atoms with van der Waals surface area (Å²) >= 11 is 0. The number of nitrogens with zero attached hydrogens (tertiary/aromatic N) is 1. The standard InChI is InChI=1S/C13H15N3O5/c1-8(17)15-11(13(18)19)5-3-9-2-4-10(7-14)12(6-9)16(20)21/h2,4-6H,3,7,14H2,1H3,(H,15,17)(H,18,19). The van der Waals surface area contributed by atoms with Gasteiger partial charge in [-0.3, -0.25) is 14.9 Å². The third kappa shape index (κ3) is 4.69. The van der Waals surface area contributed by atoms with Gasteiger partial charge in [-0.05, 0) is 18.1 Å². The van der Waals surface area contributed by atoms with Gasteiger partial charge in [0.2, 0.25) is 5.91 Å². The first-order chi connectivity index (χ1) is 9.85. The van der Waals surface area contributed by atoms with Crippen molar-refractivity contribution >= 4 is 17.6 Å². The van der Waals surface area contributed by atoms with E-state index in [9.17, 15) is 19.7 Å². The van der Waals surface area contributed by atoms with Crippen molar-refractivity contribution in [2.75, 3.05) is 0 Å². The Kier molecular flexibility index (Phi) is 5.56. The fraction of sp³-hybridized carbons (Fsp3) is 0.231. The summed E-state index contributed by atoms with van der Waals surface area (Å²) in [5.74, 6) is -1.79. The number of nitro groups is 1. The average molecular weight is 293 g/mol. The highest BCUT2D eigenvalue weighted by molar-refractivity contribution is 5.91. The number of hydrogen-bond acceptors (Lipinski definition) is 5. The van der Waals surface area contributed by atoms with Crippen molar-refractivity contribution in [2.45, 2.75) is 19.9 Å². The van der Waals surface area contributed by atoms with E-state index in [1.54, 1.807) is 6.07 Å². The molecule has 8 heteroatoms. The van der Waals surface area contributed by atoms with Gasteiger partial charge in [0.05, 0.1) is 4.92 Å². The Morgan fingerprint density at radius 3 is 2.62 bits per heavy atom. The number of allylic oxidation sites excluding steroid dienone is 1. The molecule has 0 saturated heterocycles. The van der Waals surface area contributed by atoms with Crippen molar-refractivity contribution in [2.24, 2.45) is 5.73 Å². The molecule has 0 fully saturated rings. The number of benzene rings is 1. The van der Waals surface area contributed by atoms with Crippen LogP contribution < -0.4 is 11.1 Å². The van der Waals surface area contributed by atoms with E-state index in [-0.39, 0.29) is 24.4 Å². The van der Waals surface area contributed by atoms with Crippen LogP contribution in [0.4, 0.5) is 5.69 Å². The fourth-order valence-electron chi connectivity index (χ4n) is 1.68. The molecule has 0 saturated carbocycles. The summed E-state index contributed by atoms with van der Waals surface area (Å²) in [6.07, 6.45) is 1.42. The topological polar surface area (TPSA) is 136 Å². The molecule has 0 bridgehead atoms. The van der Waals surface area contributed by atoms with Gasteiger partial charge in [0, 0.05) is 25.1 Å². The molecule has 0 aromatic heterocycles. The van der Waals surface area contributed by atoms with Crippen LogP contribution in [0.25, 0.3) is 0 Å². The number of carboxylic acids is 1. The molecule has 0 aliphatic heterocycles. The van der Waals surface area contributed by atoms with Crippen molar-refractivity contribution in [1.82, 2.24) is 5.32 Å². The van der Waals surface area contributed by atoms with Crippen LogP contribution in [0.5, 0.6) is 0 Å². The van der Waals surface area contributed by atoms with E-state index >= 15 is 0 Å². The summed E-state index contributed by atoms with van der Waals surface area (Å²) in [6.45, 7) is 1.23. The molecule has 0 aliphatic carbocycles. The van der Waals surface area contributed by atoms with Gasteiger partial charge in [0.25, 0.3) is 5.69 Å². The van der Waals surface area contributed by atoms with E-state index in [1.807, 2.05) is 0 Å². The van der Waals surface area contributed by atoms with Crippen LogP contribution in [-0.4, -0.2) is 21.9 Å². The van der Waals surface area contributed by atoms with Gasteiger partial charge in [-0.15, -0.1) is 0 Å². The number of carbonyl (C=O) groups is 2. The molecule has 112 valence electrons. The van der Waals surface area contributed by atoms with Gasteiger partial charge in [0.15, 0.2) is 0 Å². The van der Waals surface area contributed by atoms with E-state index in [1.165, 1.54) is 25.1 Å². The van der Waals surface area contributed by atoms with Crippen LogP contribution >= 0.6 is 0 Å². The van der Waals surface area contributed by atoms with Crippen LogP contribution in [0.1, 0.15) is 18.1 Å². The molecule has 0 heterocycles. The summed E-state index contributed by atoms with van der Waals surface area (Å²) in [6, 6.07) is 4.49. The number of amides is 1. The van der Waals surface area contributed by atoms with Gasteiger partial charge in [-0.2, -0.15) is 0 Å². The maximum absolute atomic E-state index is 10.9. The molecule has 1 rings (SSSR count). The second-order valence-electron chi connectivity index (χ2n) is 4.23. The summed E-state index contributed by atoms with van der Waals surface area (Å²) in [4.78, 5) is 32.2. The van der Waals surface area contributed by atoms with E-state index in [2.05, 4.69) is 5.32 Å². The molecule has 0 unspecified atom stereocenters. The van der Waals surface area contributed by atoms with Gasteiger partial charge >= 0.3 is 5.97 Å². The van der Waals surface area contributed by atoms with Crippen molar-refractivity contribution in [3.63, 3.8) is 0 Å². The second-order valence-corrected chi connectivity index (χ2v) is 4.23. The number of nitro benzene ring substituents is 1. The molecular formula is C13H15N3O5. The predicted octanol–water partition coefficient (Wildman–Crippen LogP) is 0.701. The highest BCUT2D eigenvalue weighted by Crippen LogP contribution is 2.20. The fourth-order valence-corrected chi connectivity index (χ4v) is 1.68. The molecule has 0 aliphatic rings. The van der Waals surface area contributed by atoms with E-state index in [4.69, 9.17) is 10.8 Å². The largest absolute Gasteiger partial charge is 0.477 e. The Hall–Kier alpha value is -2.74. The Labute approximate surface area is 120 Å². The van der Waals surface area contributed by atoms with Gasteiger partial charge in [-0.1, -0.05) is 12.1 Å². The van der Waals surface area contributed by atoms with E-state index in [0.717, 1.165) is 0 Å². The Morgan fingerprint density at radius 2 is 2.14 bits per heavy atom. The third-order valence-corrected chi connectivity index (χ3v) is 2.65. The van der Waals surface area contributed by atoms with Crippen LogP contribution in [0, 0.1) is 10.1 Å². The lowest BCUT2D eigenvalue weighted by molar-refractivity contribution is -0.385. The first-order valence-corrected chi connectivity index (χ1v) is 6.02.